The third-order valence-electron chi connectivity index (χ3n) is 3.04. The first kappa shape index (κ1) is 13.0. The number of nitrogens with two attached hydrogens (primary N) is 1. The highest BCUT2D eigenvalue weighted by Gasteiger charge is 2.10. The number of aryl methyl sites for hydroxylation is 1. The highest BCUT2D eigenvalue weighted by Crippen LogP contribution is 2.27. The minimum absolute atomic E-state index is 0.126. The summed E-state index contributed by atoms with van der Waals surface area (Å²) < 4.78 is 0. The van der Waals surface area contributed by atoms with Gasteiger partial charge in [0.2, 0.25) is 0 Å². The maximum atomic E-state index is 10.9. The van der Waals surface area contributed by atoms with Gasteiger partial charge in [0.05, 0.1) is 5.56 Å². The summed E-state index contributed by atoms with van der Waals surface area (Å²) in [6.07, 6.45) is 0. The van der Waals surface area contributed by atoms with Crippen LogP contribution in [0.5, 0.6) is 0 Å². The van der Waals surface area contributed by atoms with Crippen LogP contribution in [0.3, 0.4) is 0 Å². The van der Waals surface area contributed by atoms with E-state index in [1.165, 1.54) is 11.6 Å². The average molecular weight is 256 g/mol. The van der Waals surface area contributed by atoms with Crippen LogP contribution >= 0.6 is 0 Å². The number of nitrogens with zero attached hydrogens (tertiary/aromatic N) is 1. The van der Waals surface area contributed by atoms with Gasteiger partial charge in [-0.15, -0.1) is 0 Å². The zero-order valence-electron chi connectivity index (χ0n) is 10.9. The normalized spacial score (nSPS) is 10.2. The van der Waals surface area contributed by atoms with E-state index in [0.717, 1.165) is 11.4 Å². The second kappa shape index (κ2) is 5.02. The molecule has 2 aromatic carbocycles. The van der Waals surface area contributed by atoms with E-state index in [9.17, 15) is 4.79 Å². The van der Waals surface area contributed by atoms with Crippen molar-refractivity contribution in [3.8, 4) is 0 Å². The summed E-state index contributed by atoms with van der Waals surface area (Å²) in [5, 5.41) is 8.95. The average Bonchev–Trinajstić information content (AvgIpc) is 2.37. The molecule has 0 saturated carbocycles. The molecule has 0 aromatic heterocycles. The largest absolute Gasteiger partial charge is 0.478 e. The lowest BCUT2D eigenvalue weighted by atomic mass is 10.1. The Labute approximate surface area is 112 Å². The SMILES string of the molecule is Cc1cccc(N(C)c2ccc(C(=O)O)c(N)c2)c1. The number of aromatic carboxylic acids is 1. The Balaban J connectivity index is 2.37. The number of hydrogen-bond donors (Lipinski definition) is 2. The van der Waals surface area contributed by atoms with Gasteiger partial charge in [-0.05, 0) is 42.8 Å². The van der Waals surface area contributed by atoms with Crippen molar-refractivity contribution in [1.82, 2.24) is 0 Å². The molecular formula is C15H16N2O2. The monoisotopic (exact) mass is 256 g/mol. The number of anilines is 3. The number of carboxylic acids is 1. The molecule has 0 aliphatic rings. The number of nitrogen functional groups attached to an aromatic ring is 1. The van der Waals surface area contributed by atoms with E-state index in [4.69, 9.17) is 10.8 Å². The lowest BCUT2D eigenvalue weighted by molar-refractivity contribution is 0.0698. The van der Waals surface area contributed by atoms with Crippen LogP contribution in [0.4, 0.5) is 17.1 Å². The summed E-state index contributed by atoms with van der Waals surface area (Å²) in [7, 11) is 1.92. The summed E-state index contributed by atoms with van der Waals surface area (Å²) in [6.45, 7) is 2.03. The number of benzene rings is 2. The molecule has 0 radical (unpaired) electrons. The first-order valence-electron chi connectivity index (χ1n) is 5.92. The fraction of sp³-hybridized carbons (Fsp3) is 0.133. The molecule has 0 fully saturated rings. The Kier molecular flexibility index (Phi) is 3.42. The Bertz CT molecular complexity index is 623. The van der Waals surface area contributed by atoms with Crippen molar-refractivity contribution < 1.29 is 9.90 Å². The summed E-state index contributed by atoms with van der Waals surface area (Å²) >= 11 is 0. The zero-order chi connectivity index (χ0) is 14.0. The molecule has 0 saturated heterocycles. The molecule has 0 amide bonds. The summed E-state index contributed by atoms with van der Waals surface area (Å²) in [6, 6.07) is 13.0. The van der Waals surface area contributed by atoms with Crippen LogP contribution in [0.1, 0.15) is 15.9 Å². The smallest absolute Gasteiger partial charge is 0.337 e. The predicted molar refractivity (Wildman–Crippen MR) is 77.1 cm³/mol. The molecule has 2 aromatic rings. The molecule has 0 heterocycles. The van der Waals surface area contributed by atoms with Crippen LogP contribution in [-0.2, 0) is 0 Å². The minimum Gasteiger partial charge on any atom is -0.478 e. The van der Waals surface area contributed by atoms with Crippen molar-refractivity contribution in [3.05, 3.63) is 53.6 Å². The van der Waals surface area contributed by atoms with E-state index in [1.807, 2.05) is 37.1 Å². The standard InChI is InChI=1S/C15H16N2O2/c1-10-4-3-5-11(8-10)17(2)12-6-7-13(15(18)19)14(16)9-12/h3-9H,16H2,1-2H3,(H,18,19). The fourth-order valence-electron chi connectivity index (χ4n) is 1.94. The maximum absolute atomic E-state index is 10.9. The third kappa shape index (κ3) is 2.68. The quantitative estimate of drug-likeness (QED) is 0.828. The molecule has 19 heavy (non-hydrogen) atoms. The molecular weight excluding hydrogens is 240 g/mol. The van der Waals surface area contributed by atoms with Gasteiger partial charge in [-0.2, -0.15) is 0 Å². The van der Waals surface area contributed by atoms with Crippen LogP contribution in [-0.4, -0.2) is 18.1 Å². The zero-order valence-corrected chi connectivity index (χ0v) is 10.9. The summed E-state index contributed by atoms with van der Waals surface area (Å²) in [5.74, 6) is -1.01. The fourth-order valence-corrected chi connectivity index (χ4v) is 1.94. The van der Waals surface area contributed by atoms with E-state index < -0.39 is 5.97 Å². The van der Waals surface area contributed by atoms with E-state index in [2.05, 4.69) is 6.07 Å². The molecule has 3 N–H and O–H groups in total. The second-order valence-corrected chi connectivity index (χ2v) is 4.47. The van der Waals surface area contributed by atoms with E-state index in [0.29, 0.717) is 0 Å². The first-order valence-corrected chi connectivity index (χ1v) is 5.92. The molecule has 0 aliphatic carbocycles. The Morgan fingerprint density at radius 1 is 1.16 bits per heavy atom. The van der Waals surface area contributed by atoms with Crippen LogP contribution in [0.2, 0.25) is 0 Å². The minimum atomic E-state index is -1.01. The van der Waals surface area contributed by atoms with Gasteiger partial charge in [-0.3, -0.25) is 0 Å². The van der Waals surface area contributed by atoms with Crippen LogP contribution < -0.4 is 10.6 Å². The van der Waals surface area contributed by atoms with Crippen LogP contribution in [0.15, 0.2) is 42.5 Å². The first-order chi connectivity index (χ1) is 8.99. The van der Waals surface area contributed by atoms with Gasteiger partial charge in [0.1, 0.15) is 0 Å². The Hall–Kier alpha value is -2.49. The molecule has 4 heteroatoms. The molecule has 2 rings (SSSR count). The molecule has 0 aliphatic heterocycles. The van der Waals surface area contributed by atoms with Gasteiger partial charge in [0, 0.05) is 24.1 Å². The highest BCUT2D eigenvalue weighted by molar-refractivity contribution is 5.94. The summed E-state index contributed by atoms with van der Waals surface area (Å²) in [5.41, 5.74) is 9.21. The topological polar surface area (TPSA) is 66.6 Å². The van der Waals surface area contributed by atoms with Crippen molar-refractivity contribution in [2.75, 3.05) is 17.7 Å². The Morgan fingerprint density at radius 3 is 2.42 bits per heavy atom. The van der Waals surface area contributed by atoms with Crippen molar-refractivity contribution >= 4 is 23.0 Å². The lowest BCUT2D eigenvalue weighted by Crippen LogP contribution is -2.11. The van der Waals surface area contributed by atoms with Crippen LogP contribution in [0, 0.1) is 6.92 Å². The van der Waals surface area contributed by atoms with E-state index in [-0.39, 0.29) is 11.3 Å². The van der Waals surface area contributed by atoms with Gasteiger partial charge >= 0.3 is 5.97 Å². The molecule has 0 spiro atoms. The van der Waals surface area contributed by atoms with Gasteiger partial charge in [0.25, 0.3) is 0 Å². The van der Waals surface area contributed by atoms with Crippen molar-refractivity contribution in [2.24, 2.45) is 0 Å². The number of carbonyl (C=O) groups is 1. The third-order valence-corrected chi connectivity index (χ3v) is 3.04. The van der Waals surface area contributed by atoms with Gasteiger partial charge < -0.3 is 15.7 Å². The molecule has 0 atom stereocenters. The lowest BCUT2D eigenvalue weighted by Gasteiger charge is -2.20. The number of rotatable bonds is 3. The number of carboxylic acid groups (broad SMARTS) is 1. The molecule has 98 valence electrons. The highest BCUT2D eigenvalue weighted by atomic mass is 16.4. The van der Waals surface area contributed by atoms with Crippen molar-refractivity contribution in [3.63, 3.8) is 0 Å². The van der Waals surface area contributed by atoms with Gasteiger partial charge in [-0.25, -0.2) is 4.79 Å². The van der Waals surface area contributed by atoms with Gasteiger partial charge in [0.15, 0.2) is 0 Å². The maximum Gasteiger partial charge on any atom is 0.337 e. The number of hydrogen-bond acceptors (Lipinski definition) is 3. The predicted octanol–water partition coefficient (Wildman–Crippen LogP) is 3.04. The van der Waals surface area contributed by atoms with E-state index in [1.54, 1.807) is 12.1 Å². The molecule has 0 bridgehead atoms. The van der Waals surface area contributed by atoms with Gasteiger partial charge in [-0.1, -0.05) is 12.1 Å². The summed E-state index contributed by atoms with van der Waals surface area (Å²) in [4.78, 5) is 12.9. The van der Waals surface area contributed by atoms with Crippen LogP contribution in [0.25, 0.3) is 0 Å². The molecule has 4 nitrogen and oxygen atoms in total. The van der Waals surface area contributed by atoms with Crippen molar-refractivity contribution in [2.45, 2.75) is 6.92 Å². The molecule has 0 unspecified atom stereocenters. The Morgan fingerprint density at radius 2 is 1.84 bits per heavy atom. The van der Waals surface area contributed by atoms with E-state index >= 15 is 0 Å². The van der Waals surface area contributed by atoms with Crippen molar-refractivity contribution in [1.29, 1.82) is 0 Å². The second-order valence-electron chi connectivity index (χ2n) is 4.47.